The molecule has 1 fully saturated rings. The molecule has 1 saturated heterocycles. The first-order valence-corrected chi connectivity index (χ1v) is 6.60. The van der Waals surface area contributed by atoms with Crippen LogP contribution in [0, 0.1) is 5.92 Å². The van der Waals surface area contributed by atoms with E-state index < -0.39 is 0 Å². The molecule has 2 heterocycles. The van der Waals surface area contributed by atoms with Crippen molar-refractivity contribution in [1.82, 2.24) is 5.32 Å². The van der Waals surface area contributed by atoms with E-state index in [1.54, 1.807) is 12.1 Å². The van der Waals surface area contributed by atoms with Crippen molar-refractivity contribution in [2.75, 3.05) is 13.2 Å². The van der Waals surface area contributed by atoms with Crippen LogP contribution in [-0.2, 0) is 4.74 Å². The van der Waals surface area contributed by atoms with Crippen LogP contribution in [0.4, 0.5) is 0 Å². The zero-order valence-corrected chi connectivity index (χ0v) is 11.3. The number of amides is 1. The lowest BCUT2D eigenvalue weighted by atomic mass is 9.93. The Balaban J connectivity index is 1.89. The minimum atomic E-state index is -0.158. The molecule has 0 radical (unpaired) electrons. The lowest BCUT2D eigenvalue weighted by Gasteiger charge is -2.28. The van der Waals surface area contributed by atoms with Crippen LogP contribution >= 0.6 is 15.9 Å². The Labute approximate surface area is 109 Å². The van der Waals surface area contributed by atoms with Crippen LogP contribution in [0.15, 0.2) is 21.2 Å². The Hall–Kier alpha value is -0.810. The molecule has 0 bridgehead atoms. The molecular formula is C12H16BrNO3. The topological polar surface area (TPSA) is 51.5 Å². The largest absolute Gasteiger partial charge is 0.444 e. The van der Waals surface area contributed by atoms with Crippen molar-refractivity contribution in [3.05, 3.63) is 22.6 Å². The van der Waals surface area contributed by atoms with Gasteiger partial charge in [-0.15, -0.1) is 0 Å². The first kappa shape index (κ1) is 12.6. The molecule has 2 rings (SSSR count). The van der Waals surface area contributed by atoms with E-state index in [2.05, 4.69) is 21.2 Å². The van der Waals surface area contributed by atoms with Gasteiger partial charge in [-0.25, -0.2) is 0 Å². The fraction of sp³-hybridized carbons (Fsp3) is 0.583. The summed E-state index contributed by atoms with van der Waals surface area (Å²) in [6.45, 7) is 3.61. The van der Waals surface area contributed by atoms with E-state index in [9.17, 15) is 4.79 Å². The number of ether oxygens (including phenoxy) is 1. The van der Waals surface area contributed by atoms with Crippen molar-refractivity contribution in [3.63, 3.8) is 0 Å². The monoisotopic (exact) mass is 301 g/mol. The summed E-state index contributed by atoms with van der Waals surface area (Å²) in [5.74, 6) is 0.677. The van der Waals surface area contributed by atoms with E-state index in [-0.39, 0.29) is 11.9 Å². The fourth-order valence-electron chi connectivity index (χ4n) is 2.05. The predicted octanol–water partition coefficient (Wildman–Crippen LogP) is 2.59. The maximum Gasteiger partial charge on any atom is 0.287 e. The van der Waals surface area contributed by atoms with Crippen LogP contribution < -0.4 is 5.32 Å². The first-order chi connectivity index (χ1) is 8.16. The summed E-state index contributed by atoms with van der Waals surface area (Å²) >= 11 is 3.18. The van der Waals surface area contributed by atoms with Crippen molar-refractivity contribution in [2.24, 2.45) is 5.92 Å². The van der Waals surface area contributed by atoms with Crippen molar-refractivity contribution in [3.8, 4) is 0 Å². The number of hydrogen-bond donors (Lipinski definition) is 1. The number of furan rings is 1. The molecule has 1 atom stereocenters. The number of rotatable bonds is 3. The minimum Gasteiger partial charge on any atom is -0.444 e. The second-order valence-electron chi connectivity index (χ2n) is 4.32. The van der Waals surface area contributed by atoms with Crippen LogP contribution in [0.5, 0.6) is 0 Å². The molecule has 17 heavy (non-hydrogen) atoms. The van der Waals surface area contributed by atoms with Gasteiger partial charge in [0, 0.05) is 19.3 Å². The summed E-state index contributed by atoms with van der Waals surface area (Å²) in [6, 6.07) is 3.53. The Bertz CT molecular complexity index is 385. The lowest BCUT2D eigenvalue weighted by Crippen LogP contribution is -2.40. The zero-order chi connectivity index (χ0) is 12.3. The summed E-state index contributed by atoms with van der Waals surface area (Å²) in [5, 5.41) is 2.97. The summed E-state index contributed by atoms with van der Waals surface area (Å²) in [7, 11) is 0. The summed E-state index contributed by atoms with van der Waals surface area (Å²) in [6.07, 6.45) is 2.01. The molecule has 1 N–H and O–H groups in total. The highest BCUT2D eigenvalue weighted by Crippen LogP contribution is 2.19. The van der Waals surface area contributed by atoms with E-state index in [1.807, 2.05) is 6.92 Å². The molecule has 4 nitrogen and oxygen atoms in total. The molecule has 1 aliphatic heterocycles. The third-order valence-corrected chi connectivity index (χ3v) is 3.56. The van der Waals surface area contributed by atoms with Crippen LogP contribution in [0.2, 0.25) is 0 Å². The van der Waals surface area contributed by atoms with Gasteiger partial charge in [-0.2, -0.15) is 0 Å². The van der Waals surface area contributed by atoms with Crippen molar-refractivity contribution < 1.29 is 13.9 Å². The SMILES string of the molecule is CC(NC(=O)c1ccc(Br)o1)C1CCOCC1. The van der Waals surface area contributed by atoms with Gasteiger partial charge in [0.15, 0.2) is 10.4 Å². The highest BCUT2D eigenvalue weighted by molar-refractivity contribution is 9.10. The van der Waals surface area contributed by atoms with Crippen molar-refractivity contribution >= 4 is 21.8 Å². The standard InChI is InChI=1S/C12H16BrNO3/c1-8(9-4-6-16-7-5-9)14-12(15)10-2-3-11(13)17-10/h2-3,8-9H,4-7H2,1H3,(H,14,15). The molecule has 0 saturated carbocycles. The molecule has 0 aliphatic carbocycles. The Morgan fingerprint density at radius 3 is 2.76 bits per heavy atom. The van der Waals surface area contributed by atoms with Gasteiger partial charge in [-0.3, -0.25) is 4.79 Å². The Morgan fingerprint density at radius 1 is 1.47 bits per heavy atom. The maximum atomic E-state index is 11.9. The second kappa shape index (κ2) is 5.69. The molecule has 1 amide bonds. The van der Waals surface area contributed by atoms with Gasteiger partial charge in [-0.1, -0.05) is 0 Å². The Morgan fingerprint density at radius 2 is 2.18 bits per heavy atom. The van der Waals surface area contributed by atoms with Crippen LogP contribution in [0.3, 0.4) is 0 Å². The number of carbonyl (C=O) groups excluding carboxylic acids is 1. The van der Waals surface area contributed by atoms with E-state index in [0.29, 0.717) is 16.3 Å². The van der Waals surface area contributed by atoms with E-state index >= 15 is 0 Å². The lowest BCUT2D eigenvalue weighted by molar-refractivity contribution is 0.0534. The smallest absolute Gasteiger partial charge is 0.287 e. The first-order valence-electron chi connectivity index (χ1n) is 5.81. The van der Waals surface area contributed by atoms with Gasteiger partial charge in [0.05, 0.1) is 0 Å². The van der Waals surface area contributed by atoms with Gasteiger partial charge < -0.3 is 14.5 Å². The highest BCUT2D eigenvalue weighted by atomic mass is 79.9. The van der Waals surface area contributed by atoms with E-state index in [4.69, 9.17) is 9.15 Å². The molecule has 1 aromatic rings. The summed E-state index contributed by atoms with van der Waals surface area (Å²) in [4.78, 5) is 11.9. The molecule has 0 spiro atoms. The molecule has 94 valence electrons. The van der Waals surface area contributed by atoms with Crippen LogP contribution in [-0.4, -0.2) is 25.2 Å². The van der Waals surface area contributed by atoms with Gasteiger partial charge in [0.1, 0.15) is 0 Å². The quantitative estimate of drug-likeness (QED) is 0.933. The second-order valence-corrected chi connectivity index (χ2v) is 5.10. The van der Waals surface area contributed by atoms with Gasteiger partial charge >= 0.3 is 0 Å². The molecule has 1 unspecified atom stereocenters. The normalized spacial score (nSPS) is 18.9. The van der Waals surface area contributed by atoms with Crippen LogP contribution in [0.1, 0.15) is 30.3 Å². The molecule has 5 heteroatoms. The summed E-state index contributed by atoms with van der Waals surface area (Å²) in [5.41, 5.74) is 0. The highest BCUT2D eigenvalue weighted by Gasteiger charge is 2.23. The maximum absolute atomic E-state index is 11.9. The van der Waals surface area contributed by atoms with E-state index in [1.165, 1.54) is 0 Å². The predicted molar refractivity (Wildman–Crippen MR) is 66.9 cm³/mol. The number of nitrogens with one attached hydrogen (secondary N) is 1. The number of carbonyl (C=O) groups is 1. The van der Waals surface area contributed by atoms with Crippen molar-refractivity contribution in [1.29, 1.82) is 0 Å². The third kappa shape index (κ3) is 3.33. The van der Waals surface area contributed by atoms with E-state index in [0.717, 1.165) is 26.1 Å². The average Bonchev–Trinajstić information content (AvgIpc) is 2.77. The van der Waals surface area contributed by atoms with Gasteiger partial charge in [-0.05, 0) is 53.7 Å². The zero-order valence-electron chi connectivity index (χ0n) is 9.74. The number of halogens is 1. The molecule has 1 aliphatic rings. The molecule has 1 aromatic heterocycles. The summed E-state index contributed by atoms with van der Waals surface area (Å²) < 4.78 is 11.1. The average molecular weight is 302 g/mol. The number of hydrogen-bond acceptors (Lipinski definition) is 3. The van der Waals surface area contributed by atoms with Gasteiger partial charge in [0.25, 0.3) is 5.91 Å². The molecular weight excluding hydrogens is 286 g/mol. The van der Waals surface area contributed by atoms with Crippen LogP contribution in [0.25, 0.3) is 0 Å². The van der Waals surface area contributed by atoms with Crippen molar-refractivity contribution in [2.45, 2.75) is 25.8 Å². The third-order valence-electron chi connectivity index (χ3n) is 3.13. The van der Waals surface area contributed by atoms with Gasteiger partial charge in [0.2, 0.25) is 0 Å². The minimum absolute atomic E-state index is 0.148. The Kier molecular flexibility index (Phi) is 4.23. The fourth-order valence-corrected chi connectivity index (χ4v) is 2.35. The molecule has 0 aromatic carbocycles.